The Kier molecular flexibility index (Phi) is 6.50. The van der Waals surface area contributed by atoms with E-state index in [0.717, 1.165) is 6.07 Å². The van der Waals surface area contributed by atoms with E-state index in [0.29, 0.717) is 56.2 Å². The molecule has 8 nitrogen and oxygen atoms in total. The fourth-order valence-corrected chi connectivity index (χ4v) is 3.31. The maximum absolute atomic E-state index is 13.7. The number of carbonyl (C=O) groups is 1. The minimum atomic E-state index is -0.871. The summed E-state index contributed by atoms with van der Waals surface area (Å²) in [4.78, 5) is 26.5. The van der Waals surface area contributed by atoms with Crippen LogP contribution in [-0.4, -0.2) is 60.0 Å². The van der Waals surface area contributed by atoms with Crippen molar-refractivity contribution in [1.82, 2.24) is 9.80 Å². The lowest BCUT2D eigenvalue weighted by Crippen LogP contribution is -2.49. The van der Waals surface area contributed by atoms with E-state index in [1.807, 2.05) is 12.1 Å². The van der Waals surface area contributed by atoms with Crippen molar-refractivity contribution in [1.29, 1.82) is 0 Å². The van der Waals surface area contributed by atoms with E-state index in [1.165, 1.54) is 4.90 Å². The van der Waals surface area contributed by atoms with Crippen LogP contribution in [0.5, 0.6) is 5.75 Å². The number of hydrogen-bond acceptors (Lipinski definition) is 6. The van der Waals surface area contributed by atoms with Crippen LogP contribution in [0.25, 0.3) is 0 Å². The minimum Gasteiger partial charge on any atom is -0.491 e. The fraction of sp³-hybridized carbons (Fsp3) is 0.316. The number of benzene rings is 2. The Hall–Kier alpha value is -2.91. The van der Waals surface area contributed by atoms with E-state index in [2.05, 4.69) is 4.90 Å². The summed E-state index contributed by atoms with van der Waals surface area (Å²) in [6, 6.07) is 8.86. The number of piperazine rings is 1. The van der Waals surface area contributed by atoms with Crippen LogP contribution in [0.15, 0.2) is 36.4 Å². The highest BCUT2D eigenvalue weighted by molar-refractivity contribution is 6.32. The Labute approximate surface area is 171 Å². The highest BCUT2D eigenvalue weighted by atomic mass is 35.5. The Bertz CT molecular complexity index is 919. The van der Waals surface area contributed by atoms with Gasteiger partial charge in [-0.25, -0.2) is 4.39 Å². The van der Waals surface area contributed by atoms with Crippen LogP contribution in [0.1, 0.15) is 10.4 Å². The molecule has 154 valence electrons. The molecule has 3 rings (SSSR count). The Morgan fingerprint density at radius 3 is 2.59 bits per heavy atom. The zero-order valence-electron chi connectivity index (χ0n) is 15.5. The number of nitro benzene ring substituents is 1. The summed E-state index contributed by atoms with van der Waals surface area (Å²) < 4.78 is 19.4. The highest BCUT2D eigenvalue weighted by Gasteiger charge is 2.27. The van der Waals surface area contributed by atoms with Crippen LogP contribution in [-0.2, 0) is 0 Å². The predicted octanol–water partition coefficient (Wildman–Crippen LogP) is 2.81. The third-order valence-corrected chi connectivity index (χ3v) is 5.02. The molecule has 0 aromatic heterocycles. The van der Waals surface area contributed by atoms with Crippen LogP contribution in [0.3, 0.4) is 0 Å². The first-order valence-electron chi connectivity index (χ1n) is 8.99. The lowest BCUT2D eigenvalue weighted by molar-refractivity contribution is -0.384. The van der Waals surface area contributed by atoms with E-state index in [9.17, 15) is 19.3 Å². The monoisotopic (exact) mass is 422 g/mol. The van der Waals surface area contributed by atoms with Crippen molar-refractivity contribution < 1.29 is 18.8 Å². The number of nitrogens with zero attached hydrogens (tertiary/aromatic N) is 3. The van der Waals surface area contributed by atoms with Crippen molar-refractivity contribution in [3.8, 4) is 5.75 Å². The summed E-state index contributed by atoms with van der Waals surface area (Å²) in [5, 5.41) is 11.5. The maximum atomic E-state index is 13.7. The molecule has 1 aliphatic heterocycles. The van der Waals surface area contributed by atoms with Gasteiger partial charge in [-0.05, 0) is 18.2 Å². The van der Waals surface area contributed by atoms with Crippen molar-refractivity contribution in [2.75, 3.05) is 45.1 Å². The van der Waals surface area contributed by atoms with Gasteiger partial charge in [0.2, 0.25) is 0 Å². The zero-order chi connectivity index (χ0) is 21.0. The number of amides is 1. The molecular weight excluding hydrogens is 403 g/mol. The smallest absolute Gasteiger partial charge is 0.295 e. The highest BCUT2D eigenvalue weighted by Crippen LogP contribution is 2.28. The predicted molar refractivity (Wildman–Crippen MR) is 107 cm³/mol. The molecule has 29 heavy (non-hydrogen) atoms. The number of carbonyl (C=O) groups excluding carboxylic acids is 1. The van der Waals surface area contributed by atoms with Crippen LogP contribution in [0.2, 0.25) is 5.02 Å². The molecule has 0 spiro atoms. The molecule has 2 N–H and O–H groups in total. The second kappa shape index (κ2) is 9.06. The minimum absolute atomic E-state index is 0.188. The average molecular weight is 423 g/mol. The van der Waals surface area contributed by atoms with E-state index in [-0.39, 0.29) is 11.3 Å². The van der Waals surface area contributed by atoms with Gasteiger partial charge in [0.15, 0.2) is 0 Å². The molecular formula is C19H20ClFN4O4. The fourth-order valence-electron chi connectivity index (χ4n) is 3.12. The Morgan fingerprint density at radius 2 is 1.93 bits per heavy atom. The van der Waals surface area contributed by atoms with Gasteiger partial charge in [0.25, 0.3) is 11.6 Å². The first-order valence-corrected chi connectivity index (χ1v) is 9.37. The quantitative estimate of drug-likeness (QED) is 0.436. The molecule has 1 amide bonds. The van der Waals surface area contributed by atoms with E-state index in [1.54, 1.807) is 12.1 Å². The van der Waals surface area contributed by atoms with Gasteiger partial charge in [-0.1, -0.05) is 23.7 Å². The molecule has 0 radical (unpaired) electrons. The van der Waals surface area contributed by atoms with Crippen LogP contribution in [0, 0.1) is 15.9 Å². The third-order valence-electron chi connectivity index (χ3n) is 4.71. The second-order valence-corrected chi connectivity index (χ2v) is 6.96. The number of hydrogen-bond donors (Lipinski definition) is 1. The number of anilines is 1. The summed E-state index contributed by atoms with van der Waals surface area (Å²) in [5.74, 6) is -0.771. The number of nitro groups is 1. The van der Waals surface area contributed by atoms with Crippen molar-refractivity contribution in [2.24, 2.45) is 0 Å². The Balaban J connectivity index is 1.55. The molecule has 2 aromatic carbocycles. The van der Waals surface area contributed by atoms with Crippen LogP contribution in [0.4, 0.5) is 15.8 Å². The summed E-state index contributed by atoms with van der Waals surface area (Å²) >= 11 is 6.05. The summed E-state index contributed by atoms with van der Waals surface area (Å²) in [7, 11) is 0. The van der Waals surface area contributed by atoms with Gasteiger partial charge < -0.3 is 15.4 Å². The van der Waals surface area contributed by atoms with E-state index < -0.39 is 22.3 Å². The molecule has 0 unspecified atom stereocenters. The summed E-state index contributed by atoms with van der Waals surface area (Å²) in [6.45, 7) is 3.08. The topological polar surface area (TPSA) is 102 Å². The second-order valence-electron chi connectivity index (χ2n) is 6.56. The lowest BCUT2D eigenvalue weighted by Gasteiger charge is -2.34. The van der Waals surface area contributed by atoms with E-state index >= 15 is 0 Å². The SMILES string of the molecule is Nc1c(C(=O)N2CCN(CCOc3ccccc3Cl)CC2)cc(F)cc1[N+](=O)[O-]. The number of nitrogen functional groups attached to an aromatic ring is 1. The first-order chi connectivity index (χ1) is 13.9. The molecule has 0 atom stereocenters. The van der Waals surface area contributed by atoms with Gasteiger partial charge in [-0.3, -0.25) is 19.8 Å². The number of ether oxygens (including phenoxy) is 1. The largest absolute Gasteiger partial charge is 0.491 e. The van der Waals surface area contributed by atoms with Crippen molar-refractivity contribution in [3.63, 3.8) is 0 Å². The van der Waals surface area contributed by atoms with Gasteiger partial charge in [0.1, 0.15) is 23.9 Å². The first kappa shape index (κ1) is 20.8. The molecule has 1 aliphatic rings. The normalized spacial score (nSPS) is 14.6. The Morgan fingerprint density at radius 1 is 1.24 bits per heavy atom. The van der Waals surface area contributed by atoms with Gasteiger partial charge in [-0.2, -0.15) is 0 Å². The number of halogens is 2. The molecule has 2 aromatic rings. The maximum Gasteiger partial charge on any atom is 0.295 e. The number of para-hydroxylation sites is 1. The van der Waals surface area contributed by atoms with Gasteiger partial charge in [-0.15, -0.1) is 0 Å². The van der Waals surface area contributed by atoms with Gasteiger partial charge in [0, 0.05) is 32.7 Å². The molecule has 0 aliphatic carbocycles. The molecule has 0 saturated carbocycles. The van der Waals surface area contributed by atoms with Crippen molar-refractivity contribution >= 4 is 28.9 Å². The number of rotatable bonds is 6. The van der Waals surface area contributed by atoms with Gasteiger partial charge in [0.05, 0.1) is 21.6 Å². The number of nitrogens with two attached hydrogens (primary N) is 1. The summed E-state index contributed by atoms with van der Waals surface area (Å²) in [6.07, 6.45) is 0. The summed E-state index contributed by atoms with van der Waals surface area (Å²) in [5.41, 5.74) is 4.61. The van der Waals surface area contributed by atoms with Crippen LogP contribution >= 0.6 is 11.6 Å². The molecule has 1 heterocycles. The molecule has 1 saturated heterocycles. The molecule has 10 heteroatoms. The molecule has 1 fully saturated rings. The molecule has 0 bridgehead atoms. The zero-order valence-corrected chi connectivity index (χ0v) is 16.3. The third kappa shape index (κ3) is 4.93. The van der Waals surface area contributed by atoms with Crippen molar-refractivity contribution in [2.45, 2.75) is 0 Å². The standard InChI is InChI=1S/C19H20ClFN4O4/c20-15-3-1-2-4-17(15)29-10-9-23-5-7-24(8-6-23)19(26)14-11-13(21)12-16(18(14)22)25(27)28/h1-4,11-12H,5-10,22H2. The van der Waals surface area contributed by atoms with Gasteiger partial charge >= 0.3 is 0 Å². The van der Waals surface area contributed by atoms with Crippen LogP contribution < -0.4 is 10.5 Å². The van der Waals surface area contributed by atoms with Crippen molar-refractivity contribution in [3.05, 3.63) is 62.9 Å². The van der Waals surface area contributed by atoms with E-state index in [4.69, 9.17) is 22.1 Å². The average Bonchev–Trinajstić information content (AvgIpc) is 2.70. The lowest BCUT2D eigenvalue weighted by atomic mass is 10.1.